The van der Waals surface area contributed by atoms with Crippen molar-refractivity contribution in [2.75, 3.05) is 19.6 Å². The zero-order valence-electron chi connectivity index (χ0n) is 8.25. The lowest BCUT2D eigenvalue weighted by Gasteiger charge is -2.33. The minimum absolute atomic E-state index is 0.284. The molecule has 1 unspecified atom stereocenters. The number of amides is 1. The van der Waals surface area contributed by atoms with Gasteiger partial charge < -0.3 is 10.2 Å². The third-order valence-electron chi connectivity index (χ3n) is 3.26. The summed E-state index contributed by atoms with van der Waals surface area (Å²) in [6.07, 6.45) is 3.53. The van der Waals surface area contributed by atoms with Gasteiger partial charge in [0.1, 0.15) is 0 Å². The molecule has 0 bridgehead atoms. The van der Waals surface area contributed by atoms with E-state index in [4.69, 9.17) is 0 Å². The van der Waals surface area contributed by atoms with Gasteiger partial charge in [-0.05, 0) is 19.3 Å². The van der Waals surface area contributed by atoms with Crippen molar-refractivity contribution in [1.82, 2.24) is 10.2 Å². The molecule has 1 atom stereocenters. The van der Waals surface area contributed by atoms with E-state index in [9.17, 15) is 4.79 Å². The molecular formula is C10H18N2O. The summed E-state index contributed by atoms with van der Waals surface area (Å²) in [4.78, 5) is 14.0. The summed E-state index contributed by atoms with van der Waals surface area (Å²) in [7, 11) is 0. The van der Waals surface area contributed by atoms with Crippen LogP contribution in [-0.2, 0) is 4.79 Å². The maximum absolute atomic E-state index is 11.9. The largest absolute Gasteiger partial charge is 0.339 e. The first kappa shape index (κ1) is 9.00. The van der Waals surface area contributed by atoms with Gasteiger partial charge >= 0.3 is 0 Å². The normalized spacial score (nSPS) is 29.0. The minimum atomic E-state index is 0.284. The van der Waals surface area contributed by atoms with Crippen molar-refractivity contribution in [3.05, 3.63) is 0 Å². The number of carbonyl (C=O) groups excluding carboxylic acids is 1. The molecule has 74 valence electrons. The lowest BCUT2D eigenvalue weighted by atomic mass is 10.0. The van der Waals surface area contributed by atoms with Crippen LogP contribution >= 0.6 is 0 Å². The summed E-state index contributed by atoms with van der Waals surface area (Å²) in [5.74, 6) is 0.676. The first-order chi connectivity index (χ1) is 6.33. The van der Waals surface area contributed by atoms with Crippen LogP contribution in [0.1, 0.15) is 26.2 Å². The Morgan fingerprint density at radius 2 is 2.31 bits per heavy atom. The van der Waals surface area contributed by atoms with Gasteiger partial charge in [-0.3, -0.25) is 4.79 Å². The Labute approximate surface area is 79.5 Å². The molecule has 0 saturated carbocycles. The van der Waals surface area contributed by atoms with Crippen molar-refractivity contribution in [2.45, 2.75) is 32.2 Å². The SMILES string of the molecule is CCC1CCCN1C(=O)C1CNC1. The van der Waals surface area contributed by atoms with E-state index in [1.165, 1.54) is 12.8 Å². The molecule has 2 saturated heterocycles. The molecule has 0 aromatic carbocycles. The van der Waals surface area contributed by atoms with E-state index < -0.39 is 0 Å². The van der Waals surface area contributed by atoms with Crippen LogP contribution in [0.15, 0.2) is 0 Å². The van der Waals surface area contributed by atoms with Crippen molar-refractivity contribution in [3.8, 4) is 0 Å². The Kier molecular flexibility index (Phi) is 2.54. The topological polar surface area (TPSA) is 32.3 Å². The van der Waals surface area contributed by atoms with E-state index in [0.717, 1.165) is 26.1 Å². The van der Waals surface area contributed by atoms with Crippen LogP contribution in [0.2, 0.25) is 0 Å². The number of hydrogen-bond donors (Lipinski definition) is 1. The smallest absolute Gasteiger partial charge is 0.228 e. The quantitative estimate of drug-likeness (QED) is 0.678. The van der Waals surface area contributed by atoms with Gasteiger partial charge in [0.2, 0.25) is 5.91 Å². The molecule has 1 N–H and O–H groups in total. The summed E-state index contributed by atoms with van der Waals surface area (Å²) >= 11 is 0. The van der Waals surface area contributed by atoms with Crippen molar-refractivity contribution >= 4 is 5.91 Å². The summed E-state index contributed by atoms with van der Waals surface area (Å²) in [6, 6.07) is 0.535. The second-order valence-corrected chi connectivity index (χ2v) is 4.09. The number of carbonyl (C=O) groups is 1. The second kappa shape index (κ2) is 3.66. The van der Waals surface area contributed by atoms with Gasteiger partial charge in [0.05, 0.1) is 5.92 Å². The molecule has 3 nitrogen and oxygen atoms in total. The molecule has 3 heteroatoms. The van der Waals surface area contributed by atoms with Gasteiger partial charge in [0.15, 0.2) is 0 Å². The minimum Gasteiger partial charge on any atom is -0.339 e. The summed E-state index contributed by atoms with van der Waals surface area (Å²) in [5, 5.41) is 3.15. The van der Waals surface area contributed by atoms with Crippen LogP contribution in [-0.4, -0.2) is 36.5 Å². The molecule has 13 heavy (non-hydrogen) atoms. The fourth-order valence-electron chi connectivity index (χ4n) is 2.25. The first-order valence-corrected chi connectivity index (χ1v) is 5.34. The molecular weight excluding hydrogens is 164 g/mol. The van der Waals surface area contributed by atoms with E-state index in [1.54, 1.807) is 0 Å². The summed E-state index contributed by atoms with van der Waals surface area (Å²) in [5.41, 5.74) is 0. The van der Waals surface area contributed by atoms with Crippen molar-refractivity contribution in [3.63, 3.8) is 0 Å². The van der Waals surface area contributed by atoms with Crippen molar-refractivity contribution in [1.29, 1.82) is 0 Å². The molecule has 0 aromatic heterocycles. The number of nitrogens with zero attached hydrogens (tertiary/aromatic N) is 1. The fraction of sp³-hybridized carbons (Fsp3) is 0.900. The predicted octanol–water partition coefficient (Wildman–Crippen LogP) is 0.607. The third-order valence-corrected chi connectivity index (χ3v) is 3.26. The molecule has 2 rings (SSSR count). The van der Waals surface area contributed by atoms with Crippen LogP contribution in [0.4, 0.5) is 0 Å². The van der Waals surface area contributed by atoms with Crippen molar-refractivity contribution in [2.24, 2.45) is 5.92 Å². The molecule has 0 aromatic rings. The molecule has 2 fully saturated rings. The van der Waals surface area contributed by atoms with E-state index in [-0.39, 0.29) is 5.92 Å². The highest BCUT2D eigenvalue weighted by molar-refractivity contribution is 5.80. The maximum atomic E-state index is 11.9. The summed E-state index contributed by atoms with van der Waals surface area (Å²) < 4.78 is 0. The van der Waals surface area contributed by atoms with E-state index >= 15 is 0 Å². The Hall–Kier alpha value is -0.570. The average molecular weight is 182 g/mol. The Balaban J connectivity index is 1.94. The lowest BCUT2D eigenvalue weighted by Crippen LogP contribution is -2.52. The van der Waals surface area contributed by atoms with Gasteiger partial charge in [-0.1, -0.05) is 6.92 Å². The van der Waals surface area contributed by atoms with Crippen LogP contribution < -0.4 is 5.32 Å². The average Bonchev–Trinajstić information content (AvgIpc) is 2.47. The van der Waals surface area contributed by atoms with Crippen LogP contribution in [0.25, 0.3) is 0 Å². The standard InChI is InChI=1S/C10H18N2O/c1-2-9-4-3-5-12(9)10(13)8-6-11-7-8/h8-9,11H,2-7H2,1H3. The molecule has 0 spiro atoms. The predicted molar refractivity (Wildman–Crippen MR) is 51.4 cm³/mol. The highest BCUT2D eigenvalue weighted by Gasteiger charge is 2.34. The van der Waals surface area contributed by atoms with Crippen LogP contribution in [0.3, 0.4) is 0 Å². The maximum Gasteiger partial charge on any atom is 0.228 e. The van der Waals surface area contributed by atoms with Crippen LogP contribution in [0, 0.1) is 5.92 Å². The van der Waals surface area contributed by atoms with E-state index in [0.29, 0.717) is 11.9 Å². The highest BCUT2D eigenvalue weighted by Crippen LogP contribution is 2.22. The second-order valence-electron chi connectivity index (χ2n) is 4.09. The molecule has 2 aliphatic rings. The Morgan fingerprint density at radius 1 is 1.54 bits per heavy atom. The Bertz CT molecular complexity index is 201. The number of hydrogen-bond acceptors (Lipinski definition) is 2. The molecule has 0 aliphatic carbocycles. The molecule has 2 heterocycles. The monoisotopic (exact) mass is 182 g/mol. The zero-order chi connectivity index (χ0) is 9.26. The van der Waals surface area contributed by atoms with E-state index in [1.807, 2.05) is 0 Å². The van der Waals surface area contributed by atoms with Crippen LogP contribution in [0.5, 0.6) is 0 Å². The van der Waals surface area contributed by atoms with E-state index in [2.05, 4.69) is 17.1 Å². The Morgan fingerprint density at radius 3 is 2.85 bits per heavy atom. The lowest BCUT2D eigenvalue weighted by molar-refractivity contribution is -0.137. The highest BCUT2D eigenvalue weighted by atomic mass is 16.2. The van der Waals surface area contributed by atoms with Gasteiger partial charge in [-0.25, -0.2) is 0 Å². The fourth-order valence-corrected chi connectivity index (χ4v) is 2.25. The number of rotatable bonds is 2. The third kappa shape index (κ3) is 1.57. The first-order valence-electron chi connectivity index (χ1n) is 5.34. The van der Waals surface area contributed by atoms with Gasteiger partial charge in [-0.15, -0.1) is 0 Å². The number of nitrogens with one attached hydrogen (secondary N) is 1. The number of likely N-dealkylation sites (tertiary alicyclic amines) is 1. The zero-order valence-corrected chi connectivity index (χ0v) is 8.25. The molecule has 1 amide bonds. The van der Waals surface area contributed by atoms with Gasteiger partial charge in [0, 0.05) is 25.7 Å². The van der Waals surface area contributed by atoms with Gasteiger partial charge in [0.25, 0.3) is 0 Å². The van der Waals surface area contributed by atoms with Crippen molar-refractivity contribution < 1.29 is 4.79 Å². The summed E-state index contributed by atoms with van der Waals surface area (Å²) in [6.45, 7) is 4.96. The van der Waals surface area contributed by atoms with Gasteiger partial charge in [-0.2, -0.15) is 0 Å². The molecule has 0 radical (unpaired) electrons. The molecule has 2 aliphatic heterocycles.